The lowest BCUT2D eigenvalue weighted by Gasteiger charge is -2.24. The molecule has 0 spiro atoms. The number of fused-ring (bicyclic) bond motifs is 1. The number of benzene rings is 1. The van der Waals surface area contributed by atoms with Gasteiger partial charge in [0.15, 0.2) is 0 Å². The zero-order valence-electron chi connectivity index (χ0n) is 12.7. The summed E-state index contributed by atoms with van der Waals surface area (Å²) in [5.74, 6) is 0.570. The molecule has 2 atom stereocenters. The van der Waals surface area contributed by atoms with E-state index < -0.39 is 6.10 Å². The molecule has 0 fully saturated rings. The van der Waals surface area contributed by atoms with Crippen LogP contribution in [0.2, 0.25) is 0 Å². The van der Waals surface area contributed by atoms with Gasteiger partial charge in [0.2, 0.25) is 5.91 Å². The van der Waals surface area contributed by atoms with Gasteiger partial charge in [-0.05, 0) is 30.4 Å². The van der Waals surface area contributed by atoms with Crippen molar-refractivity contribution >= 4 is 5.91 Å². The number of rotatable bonds is 4. The summed E-state index contributed by atoms with van der Waals surface area (Å²) in [5.41, 5.74) is 2.61. The molecule has 1 aliphatic rings. The highest BCUT2D eigenvalue weighted by Crippen LogP contribution is 2.25. The third-order valence-corrected chi connectivity index (χ3v) is 4.34. The van der Waals surface area contributed by atoms with Crippen LogP contribution in [0.1, 0.15) is 29.5 Å². The van der Waals surface area contributed by atoms with E-state index >= 15 is 0 Å². The second kappa shape index (κ2) is 6.32. The molecule has 0 saturated heterocycles. The van der Waals surface area contributed by atoms with Crippen molar-refractivity contribution in [2.45, 2.75) is 25.4 Å². The molecule has 0 aliphatic heterocycles. The molecule has 2 unspecified atom stereocenters. The Hall–Kier alpha value is -2.14. The van der Waals surface area contributed by atoms with Crippen LogP contribution in [0, 0.1) is 5.92 Å². The van der Waals surface area contributed by atoms with Crippen molar-refractivity contribution in [1.29, 1.82) is 0 Å². The van der Waals surface area contributed by atoms with E-state index in [4.69, 9.17) is 0 Å². The molecule has 1 aliphatic carbocycles. The van der Waals surface area contributed by atoms with Gasteiger partial charge in [-0.15, -0.1) is 0 Å². The van der Waals surface area contributed by atoms with Crippen molar-refractivity contribution in [1.82, 2.24) is 14.9 Å². The van der Waals surface area contributed by atoms with Crippen molar-refractivity contribution < 1.29 is 9.90 Å². The molecule has 116 valence electrons. The largest absolute Gasteiger partial charge is 0.383 e. The lowest BCUT2D eigenvalue weighted by atomic mass is 9.83. The Morgan fingerprint density at radius 3 is 2.95 bits per heavy atom. The lowest BCUT2D eigenvalue weighted by Crippen LogP contribution is -2.36. The fraction of sp³-hybridized carbons (Fsp3) is 0.412. The van der Waals surface area contributed by atoms with Crippen molar-refractivity contribution in [2.24, 2.45) is 13.0 Å². The third kappa shape index (κ3) is 3.04. The van der Waals surface area contributed by atoms with Crippen molar-refractivity contribution in [3.05, 3.63) is 53.6 Å². The molecule has 1 amide bonds. The van der Waals surface area contributed by atoms with Crippen molar-refractivity contribution in [3.8, 4) is 0 Å². The Kier molecular flexibility index (Phi) is 4.24. The van der Waals surface area contributed by atoms with Gasteiger partial charge in [0.1, 0.15) is 11.9 Å². The van der Waals surface area contributed by atoms with Crippen LogP contribution < -0.4 is 5.32 Å². The highest BCUT2D eigenvalue weighted by molar-refractivity contribution is 5.79. The Bertz CT molecular complexity index is 665. The van der Waals surface area contributed by atoms with Crippen LogP contribution >= 0.6 is 0 Å². The first-order valence-corrected chi connectivity index (χ1v) is 7.65. The highest BCUT2D eigenvalue weighted by Gasteiger charge is 2.25. The van der Waals surface area contributed by atoms with E-state index in [0.29, 0.717) is 5.82 Å². The van der Waals surface area contributed by atoms with E-state index in [1.165, 1.54) is 11.1 Å². The Morgan fingerprint density at radius 2 is 2.23 bits per heavy atom. The first kappa shape index (κ1) is 14.8. The maximum Gasteiger partial charge on any atom is 0.223 e. The van der Waals surface area contributed by atoms with Crippen LogP contribution in [0.25, 0.3) is 0 Å². The Morgan fingerprint density at radius 1 is 1.45 bits per heavy atom. The van der Waals surface area contributed by atoms with Crippen molar-refractivity contribution in [3.63, 3.8) is 0 Å². The van der Waals surface area contributed by atoms with Crippen LogP contribution in [0.3, 0.4) is 0 Å². The predicted octanol–water partition coefficient (Wildman–Crippen LogP) is 1.37. The van der Waals surface area contributed by atoms with E-state index in [-0.39, 0.29) is 18.4 Å². The molecule has 2 aromatic rings. The molecule has 0 saturated carbocycles. The van der Waals surface area contributed by atoms with Gasteiger partial charge in [0.25, 0.3) is 0 Å². The van der Waals surface area contributed by atoms with Gasteiger partial charge in [0.05, 0.1) is 6.54 Å². The first-order valence-electron chi connectivity index (χ1n) is 7.65. The van der Waals surface area contributed by atoms with E-state index in [1.54, 1.807) is 17.0 Å². The fourth-order valence-electron chi connectivity index (χ4n) is 3.05. The summed E-state index contributed by atoms with van der Waals surface area (Å²) in [7, 11) is 1.82. The first-order chi connectivity index (χ1) is 10.6. The molecule has 1 aromatic heterocycles. The smallest absolute Gasteiger partial charge is 0.223 e. The molecule has 22 heavy (non-hydrogen) atoms. The molecule has 0 radical (unpaired) electrons. The monoisotopic (exact) mass is 299 g/mol. The summed E-state index contributed by atoms with van der Waals surface area (Å²) in [6.07, 6.45) is 5.22. The van der Waals surface area contributed by atoms with E-state index in [2.05, 4.69) is 22.4 Å². The summed E-state index contributed by atoms with van der Waals surface area (Å²) in [5, 5.41) is 13.0. The third-order valence-electron chi connectivity index (χ3n) is 4.34. The van der Waals surface area contributed by atoms with E-state index in [0.717, 1.165) is 19.3 Å². The summed E-state index contributed by atoms with van der Waals surface area (Å²) >= 11 is 0. The zero-order valence-corrected chi connectivity index (χ0v) is 12.7. The Balaban J connectivity index is 1.56. The second-order valence-electron chi connectivity index (χ2n) is 5.87. The van der Waals surface area contributed by atoms with Gasteiger partial charge in [-0.2, -0.15) is 0 Å². The van der Waals surface area contributed by atoms with Crippen LogP contribution in [0.4, 0.5) is 0 Å². The number of nitrogens with one attached hydrogen (secondary N) is 1. The number of carbonyl (C=O) groups excluding carboxylic acids is 1. The summed E-state index contributed by atoms with van der Waals surface area (Å²) in [6, 6.07) is 8.29. The van der Waals surface area contributed by atoms with Gasteiger partial charge in [0, 0.05) is 25.4 Å². The molecule has 3 rings (SSSR count). The maximum atomic E-state index is 12.3. The molecule has 5 heteroatoms. The average molecular weight is 299 g/mol. The molecule has 5 nitrogen and oxygen atoms in total. The van der Waals surface area contributed by atoms with Gasteiger partial charge in [-0.25, -0.2) is 4.98 Å². The summed E-state index contributed by atoms with van der Waals surface area (Å²) in [6.45, 7) is 0.196. The number of nitrogens with zero attached hydrogens (tertiary/aromatic N) is 2. The highest BCUT2D eigenvalue weighted by atomic mass is 16.3. The quantitative estimate of drug-likeness (QED) is 0.896. The SMILES string of the molecule is Cn1ccnc1C(O)CNC(=O)C1CCc2ccccc2C1. The fourth-order valence-corrected chi connectivity index (χ4v) is 3.05. The maximum absolute atomic E-state index is 12.3. The summed E-state index contributed by atoms with van der Waals surface area (Å²) < 4.78 is 1.76. The van der Waals surface area contributed by atoms with Crippen LogP contribution in [0.15, 0.2) is 36.7 Å². The number of aliphatic hydroxyl groups excluding tert-OH is 1. The van der Waals surface area contributed by atoms with E-state index in [1.807, 2.05) is 19.2 Å². The van der Waals surface area contributed by atoms with Crippen LogP contribution in [0.5, 0.6) is 0 Å². The van der Waals surface area contributed by atoms with Gasteiger partial charge in [-0.1, -0.05) is 24.3 Å². The topological polar surface area (TPSA) is 67.2 Å². The standard InChI is InChI=1S/C17H21N3O2/c1-20-9-8-18-16(20)15(21)11-19-17(22)14-7-6-12-4-2-3-5-13(12)10-14/h2-5,8-9,14-15,21H,6-7,10-11H2,1H3,(H,19,22). The molecule has 1 heterocycles. The average Bonchev–Trinajstić information content (AvgIpc) is 2.98. The number of imidazole rings is 1. The number of carbonyl (C=O) groups is 1. The minimum atomic E-state index is -0.778. The van der Waals surface area contributed by atoms with Gasteiger partial charge >= 0.3 is 0 Å². The molecular weight excluding hydrogens is 278 g/mol. The molecular formula is C17H21N3O2. The summed E-state index contributed by atoms with van der Waals surface area (Å²) in [4.78, 5) is 16.4. The number of aromatic nitrogens is 2. The normalized spacial score (nSPS) is 18.5. The van der Waals surface area contributed by atoms with Crippen LogP contribution in [-0.4, -0.2) is 27.1 Å². The second-order valence-corrected chi connectivity index (χ2v) is 5.87. The zero-order chi connectivity index (χ0) is 15.5. The minimum absolute atomic E-state index is 0.0107. The van der Waals surface area contributed by atoms with Crippen LogP contribution in [-0.2, 0) is 24.7 Å². The molecule has 2 N–H and O–H groups in total. The van der Waals surface area contributed by atoms with E-state index in [9.17, 15) is 9.90 Å². The minimum Gasteiger partial charge on any atom is -0.383 e. The number of hydrogen-bond acceptors (Lipinski definition) is 3. The predicted molar refractivity (Wildman–Crippen MR) is 83.1 cm³/mol. The van der Waals surface area contributed by atoms with Gasteiger partial charge < -0.3 is 15.0 Å². The Labute approximate surface area is 130 Å². The number of hydrogen-bond donors (Lipinski definition) is 2. The number of aliphatic hydroxyl groups is 1. The van der Waals surface area contributed by atoms with Crippen molar-refractivity contribution in [2.75, 3.05) is 6.54 Å². The number of aryl methyl sites for hydroxylation is 2. The molecule has 1 aromatic carbocycles. The molecule has 0 bridgehead atoms. The number of amides is 1. The lowest BCUT2D eigenvalue weighted by molar-refractivity contribution is -0.125. The van der Waals surface area contributed by atoms with Gasteiger partial charge in [-0.3, -0.25) is 4.79 Å².